The first-order valence-electron chi connectivity index (χ1n) is 8.47. The van der Waals surface area contributed by atoms with Crippen molar-refractivity contribution in [3.05, 3.63) is 29.8 Å². The van der Waals surface area contributed by atoms with Crippen molar-refractivity contribution in [1.29, 1.82) is 0 Å². The molecule has 7 nitrogen and oxygen atoms in total. The molecule has 1 aliphatic rings. The smallest absolute Gasteiger partial charge is 0.409 e. The summed E-state index contributed by atoms with van der Waals surface area (Å²) in [7, 11) is 0. The highest BCUT2D eigenvalue weighted by Gasteiger charge is 2.27. The number of anilines is 1. The number of nitrogens with zero attached hydrogens (tertiary/aromatic N) is 3. The molecule has 0 N–H and O–H groups in total. The van der Waals surface area contributed by atoms with E-state index in [0.717, 1.165) is 11.3 Å². The largest absolute Gasteiger partial charge is 0.450 e. The van der Waals surface area contributed by atoms with Crippen LogP contribution < -0.4 is 4.90 Å². The molecule has 7 heteroatoms. The van der Waals surface area contributed by atoms with E-state index in [-0.39, 0.29) is 24.5 Å². The van der Waals surface area contributed by atoms with E-state index in [1.807, 2.05) is 31.2 Å². The third kappa shape index (κ3) is 4.71. The topological polar surface area (TPSA) is 70.2 Å². The van der Waals surface area contributed by atoms with Crippen molar-refractivity contribution in [3.63, 3.8) is 0 Å². The summed E-state index contributed by atoms with van der Waals surface area (Å²) in [6, 6.07) is 7.49. The highest BCUT2D eigenvalue weighted by atomic mass is 16.6. The molecule has 136 valence electrons. The van der Waals surface area contributed by atoms with Gasteiger partial charge in [-0.15, -0.1) is 0 Å². The van der Waals surface area contributed by atoms with Crippen LogP contribution in [0, 0.1) is 6.92 Å². The van der Waals surface area contributed by atoms with E-state index in [4.69, 9.17) is 4.74 Å². The van der Waals surface area contributed by atoms with Crippen LogP contribution in [0.15, 0.2) is 24.3 Å². The quantitative estimate of drug-likeness (QED) is 0.830. The average molecular weight is 347 g/mol. The van der Waals surface area contributed by atoms with Crippen molar-refractivity contribution in [2.45, 2.75) is 20.8 Å². The van der Waals surface area contributed by atoms with Gasteiger partial charge in [0.15, 0.2) is 0 Å². The third-order valence-corrected chi connectivity index (χ3v) is 4.24. The monoisotopic (exact) mass is 347 g/mol. The lowest BCUT2D eigenvalue weighted by Gasteiger charge is -2.35. The van der Waals surface area contributed by atoms with Gasteiger partial charge >= 0.3 is 6.09 Å². The zero-order valence-electron chi connectivity index (χ0n) is 15.0. The van der Waals surface area contributed by atoms with Crippen molar-refractivity contribution in [1.82, 2.24) is 9.80 Å². The number of hydrogen-bond acceptors (Lipinski definition) is 4. The number of para-hydroxylation sites is 1. The van der Waals surface area contributed by atoms with Crippen molar-refractivity contribution < 1.29 is 19.1 Å². The fourth-order valence-electron chi connectivity index (χ4n) is 2.82. The zero-order valence-corrected chi connectivity index (χ0v) is 15.0. The van der Waals surface area contributed by atoms with Crippen LogP contribution in [0.3, 0.4) is 0 Å². The van der Waals surface area contributed by atoms with Gasteiger partial charge in [-0.25, -0.2) is 4.79 Å². The fraction of sp³-hybridized carbons (Fsp3) is 0.500. The minimum atomic E-state index is -0.347. The van der Waals surface area contributed by atoms with Gasteiger partial charge in [-0.3, -0.25) is 9.59 Å². The SMILES string of the molecule is CCOC(=O)N1CCN(C(=O)CN(C(C)=O)c2ccccc2C)CC1. The molecule has 1 saturated heterocycles. The number of carbonyl (C=O) groups is 3. The number of aryl methyl sites for hydroxylation is 1. The van der Waals surface area contributed by atoms with Crippen molar-refractivity contribution >= 4 is 23.6 Å². The van der Waals surface area contributed by atoms with Crippen molar-refractivity contribution in [3.8, 4) is 0 Å². The number of hydrogen-bond donors (Lipinski definition) is 0. The second kappa shape index (κ2) is 8.50. The summed E-state index contributed by atoms with van der Waals surface area (Å²) in [6.45, 7) is 7.23. The van der Waals surface area contributed by atoms with Gasteiger partial charge < -0.3 is 19.4 Å². The minimum Gasteiger partial charge on any atom is -0.450 e. The molecule has 1 aromatic rings. The van der Waals surface area contributed by atoms with Crippen LogP contribution in [0.5, 0.6) is 0 Å². The Bertz CT molecular complexity index is 639. The average Bonchev–Trinajstić information content (AvgIpc) is 2.60. The molecule has 1 fully saturated rings. The van der Waals surface area contributed by atoms with Crippen LogP contribution in [-0.4, -0.2) is 67.0 Å². The first-order valence-corrected chi connectivity index (χ1v) is 8.47. The number of ether oxygens (including phenoxy) is 1. The maximum atomic E-state index is 12.6. The van der Waals surface area contributed by atoms with E-state index < -0.39 is 0 Å². The fourth-order valence-corrected chi connectivity index (χ4v) is 2.82. The number of carbonyl (C=O) groups excluding carboxylic acids is 3. The maximum absolute atomic E-state index is 12.6. The predicted molar refractivity (Wildman–Crippen MR) is 94.4 cm³/mol. The Morgan fingerprint density at radius 1 is 1.08 bits per heavy atom. The molecule has 1 aromatic carbocycles. The van der Waals surface area contributed by atoms with Gasteiger partial charge in [0.2, 0.25) is 11.8 Å². The highest BCUT2D eigenvalue weighted by molar-refractivity contribution is 5.98. The molecule has 2 rings (SSSR count). The summed E-state index contributed by atoms with van der Waals surface area (Å²) < 4.78 is 4.97. The van der Waals surface area contributed by atoms with Gasteiger partial charge in [-0.05, 0) is 25.5 Å². The van der Waals surface area contributed by atoms with Crippen LogP contribution >= 0.6 is 0 Å². The van der Waals surface area contributed by atoms with Gasteiger partial charge in [0, 0.05) is 38.8 Å². The van der Waals surface area contributed by atoms with Gasteiger partial charge in [0.1, 0.15) is 6.54 Å². The van der Waals surface area contributed by atoms with E-state index in [9.17, 15) is 14.4 Å². The second-order valence-electron chi connectivity index (χ2n) is 5.96. The van der Waals surface area contributed by atoms with E-state index in [2.05, 4.69) is 0 Å². The molecule has 0 aromatic heterocycles. The van der Waals surface area contributed by atoms with Crippen molar-refractivity contribution in [2.75, 3.05) is 44.2 Å². The Balaban J connectivity index is 1.98. The molecule has 0 saturated carbocycles. The van der Waals surface area contributed by atoms with Gasteiger partial charge in [-0.1, -0.05) is 18.2 Å². The molecule has 0 bridgehead atoms. The van der Waals surface area contributed by atoms with E-state index in [0.29, 0.717) is 32.8 Å². The summed E-state index contributed by atoms with van der Waals surface area (Å²) in [5.74, 6) is -0.297. The molecular formula is C18H25N3O4. The summed E-state index contributed by atoms with van der Waals surface area (Å²) in [4.78, 5) is 41.1. The summed E-state index contributed by atoms with van der Waals surface area (Å²) in [5, 5.41) is 0. The number of piperazine rings is 1. The summed E-state index contributed by atoms with van der Waals surface area (Å²) in [6.07, 6.45) is -0.347. The molecule has 0 spiro atoms. The number of rotatable bonds is 4. The van der Waals surface area contributed by atoms with Crippen LogP contribution in [0.4, 0.5) is 10.5 Å². The van der Waals surface area contributed by atoms with Crippen LogP contribution in [0.2, 0.25) is 0 Å². The lowest BCUT2D eigenvalue weighted by atomic mass is 10.1. The van der Waals surface area contributed by atoms with E-state index >= 15 is 0 Å². The molecule has 1 aliphatic heterocycles. The first kappa shape index (κ1) is 18.8. The Labute approximate surface area is 148 Å². The highest BCUT2D eigenvalue weighted by Crippen LogP contribution is 2.20. The van der Waals surface area contributed by atoms with Crippen LogP contribution in [-0.2, 0) is 14.3 Å². The number of amides is 3. The maximum Gasteiger partial charge on any atom is 0.409 e. The van der Waals surface area contributed by atoms with Gasteiger partial charge in [0.05, 0.1) is 6.61 Å². The van der Waals surface area contributed by atoms with Crippen LogP contribution in [0.1, 0.15) is 19.4 Å². The summed E-state index contributed by atoms with van der Waals surface area (Å²) >= 11 is 0. The molecule has 3 amide bonds. The molecule has 0 unspecified atom stereocenters. The lowest BCUT2D eigenvalue weighted by Crippen LogP contribution is -2.53. The standard InChI is InChI=1S/C18H25N3O4/c1-4-25-18(24)20-11-9-19(10-12-20)17(23)13-21(15(3)22)16-8-6-5-7-14(16)2/h5-8H,4,9-13H2,1-3H3. The second-order valence-corrected chi connectivity index (χ2v) is 5.96. The molecular weight excluding hydrogens is 322 g/mol. The van der Waals surface area contributed by atoms with E-state index in [1.165, 1.54) is 11.8 Å². The number of benzene rings is 1. The molecule has 1 heterocycles. The van der Waals surface area contributed by atoms with E-state index in [1.54, 1.807) is 16.7 Å². The minimum absolute atomic E-state index is 0.000404. The third-order valence-electron chi connectivity index (χ3n) is 4.24. The molecule has 0 radical (unpaired) electrons. The Morgan fingerprint density at radius 2 is 1.68 bits per heavy atom. The summed E-state index contributed by atoms with van der Waals surface area (Å²) in [5.41, 5.74) is 1.69. The normalized spacial score (nSPS) is 14.2. The van der Waals surface area contributed by atoms with Crippen molar-refractivity contribution in [2.24, 2.45) is 0 Å². The molecule has 0 atom stereocenters. The van der Waals surface area contributed by atoms with Crippen LogP contribution in [0.25, 0.3) is 0 Å². The van der Waals surface area contributed by atoms with Gasteiger partial charge in [-0.2, -0.15) is 0 Å². The Morgan fingerprint density at radius 3 is 2.24 bits per heavy atom. The van der Waals surface area contributed by atoms with Gasteiger partial charge in [0.25, 0.3) is 0 Å². The Hall–Kier alpha value is -2.57. The first-order chi connectivity index (χ1) is 11.9. The lowest BCUT2D eigenvalue weighted by molar-refractivity contribution is -0.132. The molecule has 25 heavy (non-hydrogen) atoms. The Kier molecular flexibility index (Phi) is 6.38. The molecule has 0 aliphatic carbocycles. The predicted octanol–water partition coefficient (Wildman–Crippen LogP) is 1.65. The zero-order chi connectivity index (χ0) is 18.4.